The van der Waals surface area contributed by atoms with Crippen molar-refractivity contribution in [3.05, 3.63) is 23.9 Å². The molecule has 0 radical (unpaired) electrons. The first-order valence-electron chi connectivity index (χ1n) is 5.70. The Morgan fingerprint density at radius 2 is 2.17 bits per heavy atom. The summed E-state index contributed by atoms with van der Waals surface area (Å²) in [6.45, 7) is 2.27. The average Bonchev–Trinajstić information content (AvgIpc) is 2.38. The third kappa shape index (κ3) is 5.39. The normalized spacial score (nSPS) is 10.3. The van der Waals surface area contributed by atoms with Crippen molar-refractivity contribution >= 4 is 17.2 Å². The minimum absolute atomic E-state index is 0.277. The molecule has 0 fully saturated rings. The summed E-state index contributed by atoms with van der Waals surface area (Å²) in [5, 5.41) is 0. The van der Waals surface area contributed by atoms with Crippen LogP contribution in [0.3, 0.4) is 0 Å². The second kappa shape index (κ2) is 8.79. The second-order valence-corrected chi connectivity index (χ2v) is 3.97. The number of ether oxygens (including phenoxy) is 3. The maximum atomic E-state index is 5.57. The maximum Gasteiger partial charge on any atom is 0.223 e. The Morgan fingerprint density at radius 1 is 1.33 bits per heavy atom. The molecule has 0 saturated heterocycles. The van der Waals surface area contributed by atoms with Gasteiger partial charge in [0.25, 0.3) is 0 Å². The van der Waals surface area contributed by atoms with Gasteiger partial charge in [0.05, 0.1) is 12.2 Å². The molecule has 5 nitrogen and oxygen atoms in total. The molecular formula is C12H18N2O3S. The molecule has 0 spiro atoms. The molecule has 0 aliphatic rings. The van der Waals surface area contributed by atoms with Crippen LogP contribution in [0, 0.1) is 0 Å². The van der Waals surface area contributed by atoms with E-state index in [2.05, 4.69) is 4.98 Å². The largest absolute Gasteiger partial charge is 0.475 e. The number of hydrogen-bond donors (Lipinski definition) is 1. The lowest BCUT2D eigenvalue weighted by Gasteiger charge is -2.09. The molecule has 1 rings (SSSR count). The van der Waals surface area contributed by atoms with Gasteiger partial charge in [-0.25, -0.2) is 4.98 Å². The van der Waals surface area contributed by atoms with Crippen LogP contribution in [-0.2, 0) is 9.47 Å². The smallest absolute Gasteiger partial charge is 0.223 e. The number of hydrogen-bond acceptors (Lipinski definition) is 5. The van der Waals surface area contributed by atoms with Gasteiger partial charge in [0.15, 0.2) is 0 Å². The fraction of sp³-hybridized carbons (Fsp3) is 0.500. The van der Waals surface area contributed by atoms with E-state index in [1.165, 1.54) is 0 Å². The van der Waals surface area contributed by atoms with Crippen molar-refractivity contribution < 1.29 is 14.2 Å². The summed E-state index contributed by atoms with van der Waals surface area (Å²) >= 11 is 4.91. The van der Waals surface area contributed by atoms with Gasteiger partial charge < -0.3 is 19.9 Å². The molecule has 0 atom stereocenters. The number of methoxy groups -OCH3 is 1. The minimum Gasteiger partial charge on any atom is -0.475 e. The van der Waals surface area contributed by atoms with E-state index in [0.29, 0.717) is 37.9 Å². The van der Waals surface area contributed by atoms with Gasteiger partial charge in [-0.2, -0.15) is 0 Å². The molecule has 0 amide bonds. The van der Waals surface area contributed by atoms with E-state index in [9.17, 15) is 0 Å². The standard InChI is InChI=1S/C12H18N2O3S/c1-15-6-3-7-16-8-9-17-12-10(11(13)18)4-2-5-14-12/h2,4-5H,3,6-9H2,1H3,(H2,13,18). The topological polar surface area (TPSA) is 66.6 Å². The Morgan fingerprint density at radius 3 is 2.89 bits per heavy atom. The van der Waals surface area contributed by atoms with Crippen molar-refractivity contribution in [3.8, 4) is 5.88 Å². The van der Waals surface area contributed by atoms with Crippen LogP contribution in [0.1, 0.15) is 12.0 Å². The zero-order chi connectivity index (χ0) is 13.2. The number of rotatable bonds is 9. The van der Waals surface area contributed by atoms with Gasteiger partial charge >= 0.3 is 0 Å². The van der Waals surface area contributed by atoms with Crippen molar-refractivity contribution in [2.45, 2.75) is 6.42 Å². The molecule has 0 saturated carbocycles. The van der Waals surface area contributed by atoms with E-state index < -0.39 is 0 Å². The summed E-state index contributed by atoms with van der Waals surface area (Å²) in [5.41, 5.74) is 6.21. The van der Waals surface area contributed by atoms with Crippen molar-refractivity contribution in [2.75, 3.05) is 33.5 Å². The van der Waals surface area contributed by atoms with Gasteiger partial charge in [0.1, 0.15) is 11.6 Å². The fourth-order valence-electron chi connectivity index (χ4n) is 1.30. The van der Waals surface area contributed by atoms with E-state index in [1.54, 1.807) is 25.4 Å². The lowest BCUT2D eigenvalue weighted by atomic mass is 10.3. The Bertz CT molecular complexity index is 374. The van der Waals surface area contributed by atoms with Gasteiger partial charge in [-0.3, -0.25) is 0 Å². The Kier molecular flexibility index (Phi) is 7.24. The molecule has 0 bridgehead atoms. The van der Waals surface area contributed by atoms with Crippen molar-refractivity contribution in [2.24, 2.45) is 5.73 Å². The molecule has 6 heteroatoms. The summed E-state index contributed by atoms with van der Waals surface area (Å²) in [4.78, 5) is 4.36. The summed E-state index contributed by atoms with van der Waals surface area (Å²) in [6, 6.07) is 3.55. The molecule has 100 valence electrons. The van der Waals surface area contributed by atoms with Crippen LogP contribution in [0.15, 0.2) is 18.3 Å². The second-order valence-electron chi connectivity index (χ2n) is 3.53. The van der Waals surface area contributed by atoms with Crippen LogP contribution in [0.25, 0.3) is 0 Å². The zero-order valence-electron chi connectivity index (χ0n) is 10.4. The molecule has 0 aliphatic carbocycles. The van der Waals surface area contributed by atoms with Crippen molar-refractivity contribution in [1.29, 1.82) is 0 Å². The Labute approximate surface area is 112 Å². The summed E-state index contributed by atoms with van der Waals surface area (Å²) in [5.74, 6) is 0.450. The lowest BCUT2D eigenvalue weighted by molar-refractivity contribution is 0.0795. The van der Waals surface area contributed by atoms with Gasteiger partial charge in [-0.15, -0.1) is 0 Å². The number of nitrogens with two attached hydrogens (primary N) is 1. The zero-order valence-corrected chi connectivity index (χ0v) is 11.2. The highest BCUT2D eigenvalue weighted by atomic mass is 32.1. The maximum absolute atomic E-state index is 5.57. The van der Waals surface area contributed by atoms with E-state index >= 15 is 0 Å². The predicted molar refractivity (Wildman–Crippen MR) is 72.9 cm³/mol. The van der Waals surface area contributed by atoms with Crippen LogP contribution < -0.4 is 10.5 Å². The third-order valence-corrected chi connectivity index (χ3v) is 2.36. The summed E-state index contributed by atoms with van der Waals surface area (Å²) in [7, 11) is 1.67. The van der Waals surface area contributed by atoms with Crippen LogP contribution >= 0.6 is 12.2 Å². The number of pyridine rings is 1. The summed E-state index contributed by atoms with van der Waals surface area (Å²) in [6.07, 6.45) is 2.51. The number of thiocarbonyl (C=S) groups is 1. The van der Waals surface area contributed by atoms with Crippen molar-refractivity contribution in [3.63, 3.8) is 0 Å². The predicted octanol–water partition coefficient (Wildman–Crippen LogP) is 1.15. The minimum atomic E-state index is 0.277. The van der Waals surface area contributed by atoms with E-state index in [1.807, 2.05) is 0 Å². The molecule has 1 heterocycles. The molecule has 0 aromatic carbocycles. The van der Waals surface area contributed by atoms with Gasteiger partial charge in [-0.05, 0) is 18.6 Å². The number of nitrogens with zero attached hydrogens (tertiary/aromatic N) is 1. The highest BCUT2D eigenvalue weighted by molar-refractivity contribution is 7.80. The van der Waals surface area contributed by atoms with Gasteiger partial charge in [0.2, 0.25) is 5.88 Å². The van der Waals surface area contributed by atoms with Crippen LogP contribution in [-0.4, -0.2) is 43.5 Å². The van der Waals surface area contributed by atoms with E-state index in [4.69, 9.17) is 32.2 Å². The highest BCUT2D eigenvalue weighted by Gasteiger charge is 2.06. The van der Waals surface area contributed by atoms with E-state index in [-0.39, 0.29) is 4.99 Å². The van der Waals surface area contributed by atoms with Gasteiger partial charge in [-0.1, -0.05) is 12.2 Å². The van der Waals surface area contributed by atoms with Crippen molar-refractivity contribution in [1.82, 2.24) is 4.98 Å². The highest BCUT2D eigenvalue weighted by Crippen LogP contribution is 2.13. The lowest BCUT2D eigenvalue weighted by Crippen LogP contribution is -2.15. The first-order chi connectivity index (χ1) is 8.75. The summed E-state index contributed by atoms with van der Waals surface area (Å²) < 4.78 is 15.7. The quantitative estimate of drug-likeness (QED) is 0.536. The van der Waals surface area contributed by atoms with Crippen LogP contribution in [0.4, 0.5) is 0 Å². The molecule has 2 N–H and O–H groups in total. The molecule has 0 unspecified atom stereocenters. The Balaban J connectivity index is 2.25. The first kappa shape index (κ1) is 14.8. The van der Waals surface area contributed by atoms with Gasteiger partial charge in [0, 0.05) is 26.5 Å². The third-order valence-electron chi connectivity index (χ3n) is 2.14. The van der Waals surface area contributed by atoms with Crippen LogP contribution in [0.5, 0.6) is 5.88 Å². The first-order valence-corrected chi connectivity index (χ1v) is 6.11. The monoisotopic (exact) mass is 270 g/mol. The van der Waals surface area contributed by atoms with E-state index in [0.717, 1.165) is 6.42 Å². The Hall–Kier alpha value is -1.24. The molecular weight excluding hydrogens is 252 g/mol. The SMILES string of the molecule is COCCCOCCOc1ncccc1C(N)=S. The molecule has 18 heavy (non-hydrogen) atoms. The number of aromatic nitrogens is 1. The molecule has 0 aliphatic heterocycles. The fourth-order valence-corrected chi connectivity index (χ4v) is 1.45. The molecule has 1 aromatic heterocycles. The average molecular weight is 270 g/mol. The molecule has 1 aromatic rings. The van der Waals surface area contributed by atoms with Crippen LogP contribution in [0.2, 0.25) is 0 Å².